The van der Waals surface area contributed by atoms with E-state index in [0.29, 0.717) is 6.54 Å². The molecule has 0 atom stereocenters. The number of halogens is 2. The van der Waals surface area contributed by atoms with E-state index in [1.165, 1.54) is 37.7 Å². The zero-order valence-corrected chi connectivity index (χ0v) is 15.6. The smallest absolute Gasteiger partial charge is 0.338 e. The maximum absolute atomic E-state index is 12.0. The fourth-order valence-corrected chi connectivity index (χ4v) is 3.27. The Hall–Kier alpha value is -1.72. The number of ether oxygens (including phenoxy) is 2. The molecule has 1 aliphatic carbocycles. The Bertz CT molecular complexity index is 650. The van der Waals surface area contributed by atoms with E-state index in [4.69, 9.17) is 32.7 Å². The highest BCUT2D eigenvalue weighted by Gasteiger charge is 2.15. The number of allylic oxidation sites excluding steroid dienone is 1. The van der Waals surface area contributed by atoms with Gasteiger partial charge in [0.2, 0.25) is 0 Å². The molecule has 1 amide bonds. The van der Waals surface area contributed by atoms with E-state index in [1.807, 2.05) is 0 Å². The van der Waals surface area contributed by atoms with Crippen LogP contribution in [0.2, 0.25) is 10.0 Å². The van der Waals surface area contributed by atoms with Crippen molar-refractivity contribution in [2.75, 3.05) is 20.3 Å². The molecule has 0 aromatic heterocycles. The quantitative estimate of drug-likeness (QED) is 0.565. The molecule has 0 bridgehead atoms. The van der Waals surface area contributed by atoms with Crippen LogP contribution < -0.4 is 10.1 Å². The molecule has 0 unspecified atom stereocenters. The van der Waals surface area contributed by atoms with Crippen molar-refractivity contribution in [1.82, 2.24) is 5.32 Å². The lowest BCUT2D eigenvalue weighted by Crippen LogP contribution is -2.29. The highest BCUT2D eigenvalue weighted by atomic mass is 35.5. The Morgan fingerprint density at radius 2 is 1.92 bits per heavy atom. The van der Waals surface area contributed by atoms with E-state index in [0.717, 1.165) is 19.3 Å². The van der Waals surface area contributed by atoms with Crippen LogP contribution in [0, 0.1) is 0 Å². The molecule has 1 N–H and O–H groups in total. The Morgan fingerprint density at radius 3 is 2.52 bits per heavy atom. The van der Waals surface area contributed by atoms with Gasteiger partial charge in [-0.15, -0.1) is 0 Å². The van der Waals surface area contributed by atoms with E-state index in [-0.39, 0.29) is 33.9 Å². The molecule has 0 radical (unpaired) electrons. The molecule has 1 aliphatic rings. The number of nitrogens with one attached hydrogen (secondary N) is 1. The minimum absolute atomic E-state index is 0.163. The van der Waals surface area contributed by atoms with Crippen molar-refractivity contribution in [3.05, 3.63) is 39.4 Å². The van der Waals surface area contributed by atoms with E-state index >= 15 is 0 Å². The molecule has 0 saturated carbocycles. The molecular formula is C18H21Cl2NO4. The molecule has 2 rings (SSSR count). The maximum Gasteiger partial charge on any atom is 0.338 e. The van der Waals surface area contributed by atoms with Crippen LogP contribution in [0.15, 0.2) is 23.8 Å². The maximum atomic E-state index is 12.0. The summed E-state index contributed by atoms with van der Waals surface area (Å²) in [5.41, 5.74) is 1.54. The van der Waals surface area contributed by atoms with Gasteiger partial charge in [-0.2, -0.15) is 0 Å². The largest absolute Gasteiger partial charge is 0.494 e. The number of carbonyl (C=O) groups is 2. The first-order valence-electron chi connectivity index (χ1n) is 8.16. The van der Waals surface area contributed by atoms with Crippen LogP contribution in [0.25, 0.3) is 0 Å². The fourth-order valence-electron chi connectivity index (χ4n) is 2.63. The predicted molar refractivity (Wildman–Crippen MR) is 97.5 cm³/mol. The summed E-state index contributed by atoms with van der Waals surface area (Å²) in [7, 11) is 1.43. The highest BCUT2D eigenvalue weighted by Crippen LogP contribution is 2.33. The third kappa shape index (κ3) is 5.94. The van der Waals surface area contributed by atoms with Gasteiger partial charge in [0, 0.05) is 6.54 Å². The second-order valence-electron chi connectivity index (χ2n) is 5.76. The fraction of sp³-hybridized carbons (Fsp3) is 0.444. The molecule has 136 valence electrons. The number of benzene rings is 1. The van der Waals surface area contributed by atoms with Gasteiger partial charge in [0.15, 0.2) is 12.4 Å². The predicted octanol–water partition coefficient (Wildman–Crippen LogP) is 4.17. The molecule has 5 nitrogen and oxygen atoms in total. The van der Waals surface area contributed by atoms with Crippen molar-refractivity contribution in [2.24, 2.45) is 0 Å². The van der Waals surface area contributed by atoms with E-state index in [9.17, 15) is 9.59 Å². The van der Waals surface area contributed by atoms with Gasteiger partial charge in [-0.05, 0) is 44.2 Å². The van der Waals surface area contributed by atoms with Crippen LogP contribution in [0.1, 0.15) is 42.5 Å². The summed E-state index contributed by atoms with van der Waals surface area (Å²) < 4.78 is 10.0. The molecule has 1 aromatic carbocycles. The minimum Gasteiger partial charge on any atom is -0.494 e. The van der Waals surface area contributed by atoms with E-state index < -0.39 is 5.97 Å². The topological polar surface area (TPSA) is 64.6 Å². The lowest BCUT2D eigenvalue weighted by atomic mass is 9.97. The Morgan fingerprint density at radius 1 is 1.20 bits per heavy atom. The number of amides is 1. The Labute approximate surface area is 157 Å². The highest BCUT2D eigenvalue weighted by molar-refractivity contribution is 6.37. The number of esters is 1. The summed E-state index contributed by atoms with van der Waals surface area (Å²) in [5.74, 6) is -0.721. The van der Waals surface area contributed by atoms with Gasteiger partial charge in [0.25, 0.3) is 5.91 Å². The summed E-state index contributed by atoms with van der Waals surface area (Å²) in [6.07, 6.45) is 7.75. The molecule has 25 heavy (non-hydrogen) atoms. The average molecular weight is 386 g/mol. The normalized spacial score (nSPS) is 13.8. The first-order chi connectivity index (χ1) is 12.0. The van der Waals surface area contributed by atoms with Crippen molar-refractivity contribution in [3.63, 3.8) is 0 Å². The second-order valence-corrected chi connectivity index (χ2v) is 6.57. The molecular weight excluding hydrogens is 365 g/mol. The van der Waals surface area contributed by atoms with Crippen molar-refractivity contribution < 1.29 is 19.1 Å². The molecule has 0 aliphatic heterocycles. The van der Waals surface area contributed by atoms with Gasteiger partial charge in [0.05, 0.1) is 22.7 Å². The summed E-state index contributed by atoms with van der Waals surface area (Å²) in [5, 5.41) is 3.15. The van der Waals surface area contributed by atoms with Gasteiger partial charge >= 0.3 is 5.97 Å². The number of rotatable bonds is 7. The van der Waals surface area contributed by atoms with Crippen molar-refractivity contribution >= 4 is 35.1 Å². The monoisotopic (exact) mass is 385 g/mol. The number of methoxy groups -OCH3 is 1. The van der Waals surface area contributed by atoms with Crippen molar-refractivity contribution in [1.29, 1.82) is 0 Å². The van der Waals surface area contributed by atoms with Crippen LogP contribution in [-0.4, -0.2) is 32.1 Å². The minimum atomic E-state index is -0.670. The van der Waals surface area contributed by atoms with Crippen LogP contribution in [-0.2, 0) is 9.53 Å². The number of carbonyl (C=O) groups excluding carboxylic acids is 2. The summed E-state index contributed by atoms with van der Waals surface area (Å²) in [6.45, 7) is 0.196. The zero-order valence-electron chi connectivity index (χ0n) is 14.1. The number of hydrogen-bond acceptors (Lipinski definition) is 4. The van der Waals surface area contributed by atoms with Crippen LogP contribution >= 0.6 is 23.2 Å². The van der Waals surface area contributed by atoms with Gasteiger partial charge in [0.1, 0.15) is 0 Å². The van der Waals surface area contributed by atoms with Crippen LogP contribution in [0.5, 0.6) is 5.75 Å². The standard InChI is InChI=1S/C18H21Cl2NO4/c1-24-17-14(19)9-13(10-15(17)20)18(23)25-11-16(22)21-8-7-12-5-3-2-4-6-12/h5,9-10H,2-4,6-8,11H2,1H3,(H,21,22). The zero-order chi connectivity index (χ0) is 18.2. The van der Waals surface area contributed by atoms with Gasteiger partial charge in [-0.25, -0.2) is 4.79 Å². The third-order valence-electron chi connectivity index (χ3n) is 3.93. The lowest BCUT2D eigenvalue weighted by molar-refractivity contribution is -0.124. The number of hydrogen-bond donors (Lipinski definition) is 1. The average Bonchev–Trinajstić information content (AvgIpc) is 2.60. The Kier molecular flexibility index (Phi) is 7.59. The molecule has 0 spiro atoms. The first-order valence-corrected chi connectivity index (χ1v) is 8.91. The third-order valence-corrected chi connectivity index (χ3v) is 4.49. The van der Waals surface area contributed by atoms with Crippen LogP contribution in [0.4, 0.5) is 0 Å². The molecule has 0 saturated heterocycles. The molecule has 1 aromatic rings. The van der Waals surface area contributed by atoms with Crippen LogP contribution in [0.3, 0.4) is 0 Å². The lowest BCUT2D eigenvalue weighted by Gasteiger charge is -2.13. The summed E-state index contributed by atoms with van der Waals surface area (Å²) in [4.78, 5) is 23.8. The van der Waals surface area contributed by atoms with Crippen molar-refractivity contribution in [2.45, 2.75) is 32.1 Å². The molecule has 7 heteroatoms. The van der Waals surface area contributed by atoms with E-state index in [1.54, 1.807) is 0 Å². The summed E-state index contributed by atoms with van der Waals surface area (Å²) >= 11 is 12.0. The van der Waals surface area contributed by atoms with E-state index in [2.05, 4.69) is 11.4 Å². The SMILES string of the molecule is COc1c(Cl)cc(C(=O)OCC(=O)NCCC2=CCCCC2)cc1Cl. The first kappa shape index (κ1) is 19.6. The Balaban J connectivity index is 1.77. The molecule has 0 fully saturated rings. The van der Waals surface area contributed by atoms with Gasteiger partial charge in [-0.3, -0.25) is 4.79 Å². The summed E-state index contributed by atoms with van der Waals surface area (Å²) in [6, 6.07) is 2.78. The van der Waals surface area contributed by atoms with Crippen molar-refractivity contribution in [3.8, 4) is 5.75 Å². The van der Waals surface area contributed by atoms with Gasteiger partial charge in [-0.1, -0.05) is 34.9 Å². The second kappa shape index (κ2) is 9.68. The van der Waals surface area contributed by atoms with Gasteiger partial charge < -0.3 is 14.8 Å². The molecule has 0 heterocycles.